The van der Waals surface area contributed by atoms with Gasteiger partial charge < -0.3 is 0 Å². The Hall–Kier alpha value is 2.21. The van der Waals surface area contributed by atoms with Crippen molar-refractivity contribution in [2.24, 2.45) is 0 Å². The fraction of sp³-hybridized carbons (Fsp3) is 0. The summed E-state index contributed by atoms with van der Waals surface area (Å²) in [7, 11) is 0. The first-order chi connectivity index (χ1) is 2.41. The summed E-state index contributed by atoms with van der Waals surface area (Å²) in [5.41, 5.74) is 0. The van der Waals surface area contributed by atoms with E-state index in [-0.39, 0.29) is 0 Å². The van der Waals surface area contributed by atoms with Crippen molar-refractivity contribution in [3.8, 4) is 0 Å². The van der Waals surface area contributed by atoms with Crippen LogP contribution in [0.15, 0.2) is 0 Å². The molecule has 26 valence electrons. The minimum atomic E-state index is -2.03. The van der Waals surface area contributed by atoms with Crippen LogP contribution >= 0.6 is 0 Å². The summed E-state index contributed by atoms with van der Waals surface area (Å²) in [6.07, 6.45) is 0. The van der Waals surface area contributed by atoms with E-state index in [0.29, 0.717) is 0 Å². The molecule has 0 aliphatic carbocycles. The van der Waals surface area contributed by atoms with Crippen molar-refractivity contribution in [2.75, 3.05) is 0 Å². The quantitative estimate of drug-likeness (QED) is 0.511. The first kappa shape index (κ1) is 7.21. The predicted molar refractivity (Wildman–Crippen MR) is 2.46 cm³/mol. The third kappa shape index (κ3) is 6.21. The van der Waals surface area contributed by atoms with Crippen molar-refractivity contribution in [3.63, 3.8) is 0 Å². The third-order valence-electron chi connectivity index (χ3n) is 0.0833. The van der Waals surface area contributed by atoms with Gasteiger partial charge in [0, 0.05) is 0 Å². The van der Waals surface area contributed by atoms with Gasteiger partial charge in [0.05, 0.1) is 0 Å². The summed E-state index contributed by atoms with van der Waals surface area (Å²) in [5.74, 6) is 0. The molecule has 0 radical (unpaired) electrons. The van der Waals surface area contributed by atoms with E-state index in [0.717, 1.165) is 0 Å². The van der Waals surface area contributed by atoms with Gasteiger partial charge in [-0.3, -0.25) is 0 Å². The van der Waals surface area contributed by atoms with E-state index in [9.17, 15) is 2.32 Å². The molecule has 0 atom stereocenters. The van der Waals surface area contributed by atoms with Gasteiger partial charge in [-0.1, -0.05) is 0 Å². The molecule has 5 heteroatoms. The normalized spacial score (nSPS) is 4.80. The van der Waals surface area contributed by atoms with Crippen LogP contribution < -0.4 is 0 Å². The van der Waals surface area contributed by atoms with Gasteiger partial charge in [-0.05, 0) is 0 Å². The molecule has 0 aliphatic heterocycles. The summed E-state index contributed by atoms with van der Waals surface area (Å²) in [4.78, 5) is 0. The van der Waals surface area contributed by atoms with Crippen molar-refractivity contribution in [2.45, 2.75) is 0 Å². The van der Waals surface area contributed by atoms with E-state index in [1.54, 1.807) is 0 Å². The summed E-state index contributed by atoms with van der Waals surface area (Å²) >= 11 is -4.05. The Balaban J connectivity index is 2.65. The first-order valence-corrected chi connectivity index (χ1v) is 7.53. The molecule has 0 amide bonds. The Kier molecular flexibility index (Phi) is 8.95. The van der Waals surface area contributed by atoms with E-state index in [4.69, 9.17) is 0 Å². The molecule has 0 aromatic carbocycles. The molecule has 0 spiro atoms. The molecule has 0 N–H and O–H groups in total. The van der Waals surface area contributed by atoms with E-state index in [1.165, 1.54) is 0 Å². The maximum absolute atomic E-state index is 9.37. The zero-order valence-electron chi connectivity index (χ0n) is 2.22. The molecule has 0 bridgehead atoms. The van der Waals surface area contributed by atoms with Crippen LogP contribution in [0.3, 0.4) is 0 Å². The van der Waals surface area contributed by atoms with E-state index >= 15 is 0 Å². The molecule has 5 heavy (non-hydrogen) atoms. The Morgan fingerprint density at radius 1 is 1.20 bits per heavy atom. The summed E-state index contributed by atoms with van der Waals surface area (Å²) in [6, 6.07) is 0. The average molecular weight is 512 g/mol. The first-order valence-electron chi connectivity index (χ1n) is 0.816. The van der Waals surface area contributed by atoms with Crippen molar-refractivity contribution in [1.29, 1.82) is 0 Å². The van der Waals surface area contributed by atoms with E-state index < -0.39 is 73.1 Å². The van der Waals surface area contributed by atoms with Crippen LogP contribution in [0.4, 0.5) is 0 Å². The molecular formula is O3Th2. The third-order valence-corrected chi connectivity index (χ3v) is 7.08. The topological polar surface area (TPSA) is 43.4 Å². The molecule has 3 nitrogen and oxygen atoms in total. The SMILES string of the molecule is [O]=[Th][O][Th]=[O]. The Labute approximate surface area is 70.9 Å². The van der Waals surface area contributed by atoms with Crippen LogP contribution in [0.25, 0.3) is 0 Å². The molecule has 0 saturated carbocycles. The van der Waals surface area contributed by atoms with Crippen LogP contribution in [0.2, 0.25) is 0 Å². The maximum atomic E-state index is 9.37. The van der Waals surface area contributed by atoms with Crippen LogP contribution in [0, 0.1) is 73.1 Å². The van der Waals surface area contributed by atoms with Crippen LogP contribution in [-0.2, 0) is -0.0628 Å². The molecule has 0 heterocycles. The molecule has 0 aromatic rings. The molecule has 0 unspecified atom stereocenters. The van der Waals surface area contributed by atoms with Gasteiger partial charge in [-0.15, -0.1) is 0 Å². The van der Waals surface area contributed by atoms with E-state index in [2.05, 4.69) is -2.39 Å². The van der Waals surface area contributed by atoms with Crippen LogP contribution in [0.5, 0.6) is 0 Å². The fourth-order valence-corrected chi connectivity index (χ4v) is 1.45. The van der Waals surface area contributed by atoms with Gasteiger partial charge in [0.2, 0.25) is 0 Å². The van der Waals surface area contributed by atoms with Crippen molar-refractivity contribution in [1.82, 2.24) is 0 Å². The van der Waals surface area contributed by atoms with Crippen molar-refractivity contribution < 1.29 is 73.1 Å². The molecular weight excluding hydrogens is 512 g/mol. The average Bonchev–Trinajstić information content (AvgIpc) is 1.41. The molecule has 0 saturated heterocycles. The van der Waals surface area contributed by atoms with Crippen LogP contribution in [0.1, 0.15) is 0 Å². The van der Waals surface area contributed by atoms with Gasteiger partial charge >= 0.3 is 73.1 Å². The number of hydrogen-bond donors (Lipinski definition) is 0. The second-order valence-corrected chi connectivity index (χ2v) is 10.2. The molecule has 0 aliphatic rings. The molecule has 0 aromatic heterocycles. The van der Waals surface area contributed by atoms with E-state index in [1.807, 2.05) is 0 Å². The standard InChI is InChI=1S/3O.2Th. The van der Waals surface area contributed by atoms with Gasteiger partial charge in [-0.2, -0.15) is 0 Å². The summed E-state index contributed by atoms with van der Waals surface area (Å²) in [6.45, 7) is 0. The zero-order valence-corrected chi connectivity index (χ0v) is 10.4. The Bertz CT molecular complexity index is 34.2. The van der Waals surface area contributed by atoms with Gasteiger partial charge in [0.25, 0.3) is 0 Å². The van der Waals surface area contributed by atoms with Crippen molar-refractivity contribution >= 4 is 0 Å². The molecule has 0 fully saturated rings. The van der Waals surface area contributed by atoms with Gasteiger partial charge in [-0.25, -0.2) is 0 Å². The van der Waals surface area contributed by atoms with Gasteiger partial charge in [0.15, 0.2) is 0 Å². The van der Waals surface area contributed by atoms with Crippen molar-refractivity contribution in [3.05, 3.63) is 0 Å². The monoisotopic (exact) mass is 512 g/mol. The summed E-state index contributed by atoms with van der Waals surface area (Å²) in [5, 5.41) is 0. The predicted octanol–water partition coefficient (Wildman–Crippen LogP) is -0.306. The fourth-order valence-electron chi connectivity index (χ4n) is 0.0170. The van der Waals surface area contributed by atoms with Gasteiger partial charge in [0.1, 0.15) is 0 Å². The number of hydrogen-bond acceptors (Lipinski definition) is 3. The Morgan fingerprint density at radius 2 is 1.60 bits per heavy atom. The summed E-state index contributed by atoms with van der Waals surface area (Å²) < 4.78 is 22.9. The Morgan fingerprint density at radius 3 is 1.60 bits per heavy atom. The number of rotatable bonds is 2. The second-order valence-electron chi connectivity index (χ2n) is 0.269. The minimum absolute atomic E-state index is 2.03. The molecule has 0 rings (SSSR count). The second kappa shape index (κ2) is 6.21. The van der Waals surface area contributed by atoms with Crippen LogP contribution in [-0.4, -0.2) is 0 Å². The zero-order chi connectivity index (χ0) is 4.12.